The van der Waals surface area contributed by atoms with E-state index in [0.717, 1.165) is 0 Å². The second-order valence-corrected chi connectivity index (χ2v) is 5.51. The summed E-state index contributed by atoms with van der Waals surface area (Å²) in [5.74, 6) is -0.429. The number of ether oxygens (including phenoxy) is 2. The minimum atomic E-state index is -0.447. The minimum Gasteiger partial charge on any atom is -0.486 e. The zero-order chi connectivity index (χ0) is 19.6. The molecule has 0 bridgehead atoms. The van der Waals surface area contributed by atoms with Gasteiger partial charge in [0.15, 0.2) is 11.6 Å². The fourth-order valence-electron chi connectivity index (χ4n) is 2.19. The fraction of sp³-hybridized carbons (Fsp3) is 0.200. The van der Waals surface area contributed by atoms with Gasteiger partial charge in [-0.25, -0.2) is 4.79 Å². The van der Waals surface area contributed by atoms with Gasteiger partial charge < -0.3 is 9.47 Å². The maximum absolute atomic E-state index is 12.4. The van der Waals surface area contributed by atoms with Crippen LogP contribution in [0, 0.1) is 0 Å². The summed E-state index contributed by atoms with van der Waals surface area (Å²) in [4.78, 5) is 48.7. The number of Topliss-reactive ketones (excluding diaryl/α,β-unsaturated/α-hetero) is 1. The molecule has 2 aromatic rings. The Labute approximate surface area is 155 Å². The van der Waals surface area contributed by atoms with E-state index in [4.69, 9.17) is 4.74 Å². The number of nitrogens with zero attached hydrogens (tertiary/aromatic N) is 1. The molecule has 2 rings (SSSR count). The predicted molar refractivity (Wildman–Crippen MR) is 95.9 cm³/mol. The summed E-state index contributed by atoms with van der Waals surface area (Å²) in [6.07, 6.45) is 1.50. The summed E-state index contributed by atoms with van der Waals surface area (Å²) in [6, 6.07) is 12.6. The van der Waals surface area contributed by atoms with Crippen LogP contribution in [0.3, 0.4) is 0 Å². The first-order valence-corrected chi connectivity index (χ1v) is 8.07. The number of isocyanates is 1. The molecular formula is C20H17NO6. The van der Waals surface area contributed by atoms with E-state index in [1.807, 2.05) is 0 Å². The van der Waals surface area contributed by atoms with Crippen LogP contribution in [0.15, 0.2) is 53.5 Å². The normalized spacial score (nSPS) is 9.81. The van der Waals surface area contributed by atoms with Gasteiger partial charge in [-0.15, -0.1) is 0 Å². The quantitative estimate of drug-likeness (QED) is 0.292. The van der Waals surface area contributed by atoms with Crippen LogP contribution in [0.1, 0.15) is 28.8 Å². The first kappa shape index (κ1) is 19.8. The largest absolute Gasteiger partial charge is 0.486 e. The number of esters is 1. The van der Waals surface area contributed by atoms with Gasteiger partial charge >= 0.3 is 5.97 Å². The molecule has 0 aromatic heterocycles. The van der Waals surface area contributed by atoms with Crippen molar-refractivity contribution >= 4 is 29.3 Å². The molecular weight excluding hydrogens is 350 g/mol. The number of rotatable bonds is 9. The standard InChI is InChI=1S/C20H17NO6/c1-26-19(24)11-8-17(23)12-27-18-9-4-15(5-10-18)20(25)14-2-6-16(7-3-14)21-13-22/h2-7,9-10H,8,11-12H2,1H3. The van der Waals surface area contributed by atoms with Gasteiger partial charge in [-0.2, -0.15) is 4.99 Å². The van der Waals surface area contributed by atoms with E-state index < -0.39 is 5.97 Å². The zero-order valence-corrected chi connectivity index (χ0v) is 14.6. The summed E-state index contributed by atoms with van der Waals surface area (Å²) >= 11 is 0. The van der Waals surface area contributed by atoms with Gasteiger partial charge in [-0.3, -0.25) is 14.4 Å². The molecule has 0 radical (unpaired) electrons. The van der Waals surface area contributed by atoms with Crippen molar-refractivity contribution in [1.82, 2.24) is 0 Å². The Bertz CT molecular complexity index is 864. The van der Waals surface area contributed by atoms with Crippen LogP contribution in [0.2, 0.25) is 0 Å². The van der Waals surface area contributed by atoms with Crippen LogP contribution in [-0.4, -0.2) is 37.3 Å². The number of aliphatic imine (C=N–C) groups is 1. The van der Waals surface area contributed by atoms with Crippen LogP contribution < -0.4 is 4.74 Å². The number of methoxy groups -OCH3 is 1. The predicted octanol–water partition coefficient (Wildman–Crippen LogP) is 2.79. The van der Waals surface area contributed by atoms with E-state index in [1.165, 1.54) is 13.2 Å². The van der Waals surface area contributed by atoms with E-state index in [-0.39, 0.29) is 31.0 Å². The Morgan fingerprint density at radius 1 is 0.926 bits per heavy atom. The third-order valence-corrected chi connectivity index (χ3v) is 3.66. The van der Waals surface area contributed by atoms with E-state index in [0.29, 0.717) is 22.6 Å². The molecule has 27 heavy (non-hydrogen) atoms. The summed E-state index contributed by atoms with van der Waals surface area (Å²) in [6.45, 7) is -0.164. The average Bonchev–Trinajstić information content (AvgIpc) is 2.71. The average molecular weight is 367 g/mol. The van der Waals surface area contributed by atoms with Crippen molar-refractivity contribution in [2.24, 2.45) is 4.99 Å². The molecule has 0 atom stereocenters. The molecule has 0 saturated carbocycles. The molecule has 0 saturated heterocycles. The van der Waals surface area contributed by atoms with Gasteiger partial charge in [0.1, 0.15) is 12.4 Å². The van der Waals surface area contributed by atoms with Crippen molar-refractivity contribution in [3.05, 3.63) is 59.7 Å². The van der Waals surface area contributed by atoms with E-state index in [2.05, 4.69) is 9.73 Å². The molecule has 0 spiro atoms. The summed E-state index contributed by atoms with van der Waals surface area (Å²) < 4.78 is 9.82. The third-order valence-electron chi connectivity index (χ3n) is 3.66. The Morgan fingerprint density at radius 2 is 1.52 bits per heavy atom. The van der Waals surface area contributed by atoms with E-state index in [1.54, 1.807) is 48.5 Å². The lowest BCUT2D eigenvalue weighted by Crippen LogP contribution is -2.13. The number of ketones is 2. The summed E-state index contributed by atoms with van der Waals surface area (Å²) in [5, 5.41) is 0. The summed E-state index contributed by atoms with van der Waals surface area (Å²) in [7, 11) is 1.26. The molecule has 0 amide bonds. The second kappa shape index (κ2) is 9.79. The molecule has 2 aromatic carbocycles. The van der Waals surface area contributed by atoms with Gasteiger partial charge in [0, 0.05) is 17.5 Å². The highest BCUT2D eigenvalue weighted by molar-refractivity contribution is 6.09. The molecule has 0 heterocycles. The van der Waals surface area contributed by atoms with Crippen molar-refractivity contribution in [2.75, 3.05) is 13.7 Å². The van der Waals surface area contributed by atoms with Crippen molar-refractivity contribution in [1.29, 1.82) is 0 Å². The molecule has 0 N–H and O–H groups in total. The highest BCUT2D eigenvalue weighted by atomic mass is 16.5. The van der Waals surface area contributed by atoms with Crippen molar-refractivity contribution in [3.63, 3.8) is 0 Å². The van der Waals surface area contributed by atoms with E-state index in [9.17, 15) is 19.2 Å². The Morgan fingerprint density at radius 3 is 2.07 bits per heavy atom. The molecule has 0 aliphatic rings. The molecule has 0 fully saturated rings. The van der Waals surface area contributed by atoms with Crippen LogP contribution in [0.4, 0.5) is 5.69 Å². The molecule has 0 aliphatic carbocycles. The number of carbonyl (C=O) groups is 3. The first-order valence-electron chi connectivity index (χ1n) is 8.07. The van der Waals surface area contributed by atoms with Gasteiger partial charge in [0.25, 0.3) is 0 Å². The summed E-state index contributed by atoms with van der Waals surface area (Å²) in [5.41, 5.74) is 1.32. The molecule has 138 valence electrons. The monoisotopic (exact) mass is 367 g/mol. The zero-order valence-electron chi connectivity index (χ0n) is 14.6. The fourth-order valence-corrected chi connectivity index (χ4v) is 2.19. The van der Waals surface area contributed by atoms with Crippen molar-refractivity contribution in [2.45, 2.75) is 12.8 Å². The molecule has 0 unspecified atom stereocenters. The highest BCUT2D eigenvalue weighted by Gasteiger charge is 2.11. The molecule has 7 heteroatoms. The van der Waals surface area contributed by atoms with Crippen LogP contribution in [0.5, 0.6) is 5.75 Å². The van der Waals surface area contributed by atoms with Crippen molar-refractivity contribution < 1.29 is 28.7 Å². The SMILES string of the molecule is COC(=O)CCC(=O)COc1ccc(C(=O)c2ccc(N=C=O)cc2)cc1. The number of hydrogen-bond acceptors (Lipinski definition) is 7. The number of benzene rings is 2. The Kier molecular flexibility index (Phi) is 7.16. The topological polar surface area (TPSA) is 99.1 Å². The number of hydrogen-bond donors (Lipinski definition) is 0. The van der Waals surface area contributed by atoms with Gasteiger partial charge in [-0.05, 0) is 48.5 Å². The highest BCUT2D eigenvalue weighted by Crippen LogP contribution is 2.18. The second-order valence-electron chi connectivity index (χ2n) is 5.51. The lowest BCUT2D eigenvalue weighted by molar-refractivity contribution is -0.142. The Hall–Kier alpha value is -3.57. The Balaban J connectivity index is 1.92. The van der Waals surface area contributed by atoms with Gasteiger partial charge in [-0.1, -0.05) is 0 Å². The lowest BCUT2D eigenvalue weighted by atomic mass is 10.0. The van der Waals surface area contributed by atoms with E-state index >= 15 is 0 Å². The van der Waals surface area contributed by atoms with Crippen LogP contribution in [0.25, 0.3) is 0 Å². The van der Waals surface area contributed by atoms with Crippen molar-refractivity contribution in [3.8, 4) is 5.75 Å². The van der Waals surface area contributed by atoms with Gasteiger partial charge in [0.2, 0.25) is 6.08 Å². The van der Waals surface area contributed by atoms with Crippen LogP contribution in [-0.2, 0) is 19.1 Å². The lowest BCUT2D eigenvalue weighted by Gasteiger charge is -2.07. The maximum atomic E-state index is 12.4. The third kappa shape index (κ3) is 6.02. The van der Waals surface area contributed by atoms with Gasteiger partial charge in [0.05, 0.1) is 19.2 Å². The minimum absolute atomic E-state index is 0.0169. The smallest absolute Gasteiger partial charge is 0.305 e. The first-order chi connectivity index (χ1) is 13.0. The number of carbonyl (C=O) groups excluding carboxylic acids is 4. The van der Waals surface area contributed by atoms with Crippen LogP contribution >= 0.6 is 0 Å². The maximum Gasteiger partial charge on any atom is 0.305 e. The molecule has 0 aliphatic heterocycles. The molecule has 7 nitrogen and oxygen atoms in total.